The molecule has 1 N–H and O–H groups in total. The Morgan fingerprint density at radius 1 is 0.724 bits per heavy atom. The molecular weight excluding hydrogens is 356 g/mol. The highest BCUT2D eigenvalue weighted by Crippen LogP contribution is 2.45. The lowest BCUT2D eigenvalue weighted by Crippen LogP contribution is -1.92. The van der Waals surface area contributed by atoms with Crippen LogP contribution in [0.25, 0.3) is 32.7 Å². The molecule has 3 nitrogen and oxygen atoms in total. The molecule has 0 aliphatic heterocycles. The molecule has 0 aliphatic carbocycles. The summed E-state index contributed by atoms with van der Waals surface area (Å²) >= 11 is 0. The predicted molar refractivity (Wildman–Crippen MR) is 121 cm³/mol. The molecule has 5 rings (SSSR count). The predicted octanol–water partition coefficient (Wildman–Crippen LogP) is 6.75. The number of fused-ring (bicyclic) bond motifs is 2. The highest BCUT2D eigenvalue weighted by Gasteiger charge is 2.17. The number of hydrogen-bond donors (Lipinski definition) is 1. The van der Waals surface area contributed by atoms with E-state index in [0.717, 1.165) is 39.0 Å². The van der Waals surface area contributed by atoms with Crippen LogP contribution in [0.15, 0.2) is 96.1 Å². The van der Waals surface area contributed by atoms with Crippen molar-refractivity contribution in [2.75, 3.05) is 7.11 Å². The monoisotopic (exact) mass is 376 g/mol. The summed E-state index contributed by atoms with van der Waals surface area (Å²) in [5.74, 6) is 0.844. The SMILES string of the molecule is COc1ccc2ccccc2c1-c1c(N=Cc2ccc[nH]2)ccc2ccccc12. The van der Waals surface area contributed by atoms with Crippen LogP contribution < -0.4 is 4.74 Å². The molecule has 0 radical (unpaired) electrons. The maximum Gasteiger partial charge on any atom is 0.127 e. The molecule has 0 saturated heterocycles. The fourth-order valence-electron chi connectivity index (χ4n) is 3.87. The zero-order valence-corrected chi connectivity index (χ0v) is 16.1. The number of aromatic amines is 1. The molecule has 0 spiro atoms. The number of rotatable bonds is 4. The number of methoxy groups -OCH3 is 1. The summed E-state index contributed by atoms with van der Waals surface area (Å²) in [5, 5.41) is 4.66. The Labute approximate surface area is 169 Å². The first-order valence-electron chi connectivity index (χ1n) is 9.60. The van der Waals surface area contributed by atoms with Crippen LogP contribution in [0.1, 0.15) is 5.69 Å². The number of ether oxygens (including phenoxy) is 1. The van der Waals surface area contributed by atoms with Gasteiger partial charge in [0, 0.05) is 17.3 Å². The van der Waals surface area contributed by atoms with E-state index in [9.17, 15) is 0 Å². The first-order chi connectivity index (χ1) is 14.3. The van der Waals surface area contributed by atoms with E-state index in [1.807, 2.05) is 30.6 Å². The van der Waals surface area contributed by atoms with Crippen LogP contribution in [-0.2, 0) is 0 Å². The van der Waals surface area contributed by atoms with Gasteiger partial charge in [-0.1, -0.05) is 60.7 Å². The number of hydrogen-bond acceptors (Lipinski definition) is 2. The summed E-state index contributed by atoms with van der Waals surface area (Å²) < 4.78 is 5.80. The van der Waals surface area contributed by atoms with Crippen LogP contribution in [0.4, 0.5) is 5.69 Å². The zero-order valence-electron chi connectivity index (χ0n) is 16.1. The summed E-state index contributed by atoms with van der Waals surface area (Å²) in [4.78, 5) is 8.03. The second-order valence-electron chi connectivity index (χ2n) is 6.93. The van der Waals surface area contributed by atoms with Gasteiger partial charge in [-0.3, -0.25) is 4.99 Å². The number of benzene rings is 4. The minimum absolute atomic E-state index is 0.844. The van der Waals surface area contributed by atoms with Gasteiger partial charge >= 0.3 is 0 Å². The molecule has 0 aliphatic rings. The van der Waals surface area contributed by atoms with E-state index in [0.29, 0.717) is 0 Å². The summed E-state index contributed by atoms with van der Waals surface area (Å²) in [5.41, 5.74) is 4.03. The van der Waals surface area contributed by atoms with Crippen molar-refractivity contribution in [1.82, 2.24) is 4.98 Å². The topological polar surface area (TPSA) is 37.4 Å². The largest absolute Gasteiger partial charge is 0.496 e. The molecular formula is C26H20N2O. The van der Waals surface area contributed by atoms with Crippen LogP contribution in [0.5, 0.6) is 5.75 Å². The second-order valence-corrected chi connectivity index (χ2v) is 6.93. The van der Waals surface area contributed by atoms with Gasteiger partial charge in [0.25, 0.3) is 0 Å². The van der Waals surface area contributed by atoms with Crippen molar-refractivity contribution in [2.45, 2.75) is 0 Å². The summed E-state index contributed by atoms with van der Waals surface area (Å²) in [7, 11) is 1.72. The normalized spacial score (nSPS) is 11.5. The van der Waals surface area contributed by atoms with Gasteiger partial charge in [-0.25, -0.2) is 0 Å². The Hall–Kier alpha value is -3.85. The van der Waals surface area contributed by atoms with Crippen LogP contribution in [-0.4, -0.2) is 18.3 Å². The molecule has 0 amide bonds. The molecule has 0 bridgehead atoms. The summed E-state index contributed by atoms with van der Waals surface area (Å²) in [6, 6.07) is 29.1. The first-order valence-corrected chi connectivity index (χ1v) is 9.60. The highest BCUT2D eigenvalue weighted by molar-refractivity contribution is 6.11. The van der Waals surface area contributed by atoms with Crippen LogP contribution in [0.2, 0.25) is 0 Å². The van der Waals surface area contributed by atoms with Crippen molar-refractivity contribution in [1.29, 1.82) is 0 Å². The molecule has 3 heteroatoms. The van der Waals surface area contributed by atoms with Gasteiger partial charge < -0.3 is 9.72 Å². The van der Waals surface area contributed by atoms with E-state index in [-0.39, 0.29) is 0 Å². The molecule has 4 aromatic carbocycles. The molecule has 0 atom stereocenters. The van der Waals surface area contributed by atoms with E-state index in [1.54, 1.807) is 7.11 Å². The van der Waals surface area contributed by atoms with Gasteiger partial charge in [0.05, 0.1) is 24.7 Å². The van der Waals surface area contributed by atoms with Crippen LogP contribution in [0.3, 0.4) is 0 Å². The number of nitrogens with one attached hydrogen (secondary N) is 1. The van der Waals surface area contributed by atoms with Gasteiger partial charge in [-0.05, 0) is 45.8 Å². The van der Waals surface area contributed by atoms with E-state index >= 15 is 0 Å². The fourth-order valence-corrected chi connectivity index (χ4v) is 3.87. The molecule has 0 saturated carbocycles. The summed E-state index contributed by atoms with van der Waals surface area (Å²) in [6.45, 7) is 0. The lowest BCUT2D eigenvalue weighted by Gasteiger charge is -2.16. The van der Waals surface area contributed by atoms with Crippen molar-refractivity contribution in [3.8, 4) is 16.9 Å². The average Bonchev–Trinajstić information content (AvgIpc) is 3.30. The fraction of sp³-hybridized carbons (Fsp3) is 0.0385. The molecule has 1 aromatic heterocycles. The number of nitrogens with zero attached hydrogens (tertiary/aromatic N) is 1. The third kappa shape index (κ3) is 3.07. The molecule has 5 aromatic rings. The Morgan fingerprint density at radius 3 is 2.10 bits per heavy atom. The summed E-state index contributed by atoms with van der Waals surface area (Å²) in [6.07, 6.45) is 3.77. The Kier molecular flexibility index (Phi) is 4.34. The van der Waals surface area contributed by atoms with Gasteiger partial charge in [0.15, 0.2) is 0 Å². The second kappa shape index (κ2) is 7.28. The third-order valence-electron chi connectivity index (χ3n) is 5.23. The van der Waals surface area contributed by atoms with Crippen LogP contribution >= 0.6 is 0 Å². The number of aromatic nitrogens is 1. The van der Waals surface area contributed by atoms with Crippen molar-refractivity contribution in [2.24, 2.45) is 4.99 Å². The zero-order chi connectivity index (χ0) is 19.6. The Balaban J connectivity index is 1.87. The van der Waals surface area contributed by atoms with Gasteiger partial charge in [-0.15, -0.1) is 0 Å². The first kappa shape index (κ1) is 17.3. The molecule has 1 heterocycles. The molecule has 29 heavy (non-hydrogen) atoms. The van der Waals surface area contributed by atoms with Crippen LogP contribution in [0, 0.1) is 0 Å². The lowest BCUT2D eigenvalue weighted by atomic mass is 9.91. The molecule has 0 fully saturated rings. The van der Waals surface area contributed by atoms with Gasteiger partial charge in [-0.2, -0.15) is 0 Å². The van der Waals surface area contributed by atoms with Crippen molar-refractivity contribution >= 4 is 33.4 Å². The maximum absolute atomic E-state index is 5.80. The minimum Gasteiger partial charge on any atom is -0.496 e. The van der Waals surface area contributed by atoms with E-state index in [2.05, 4.69) is 71.7 Å². The lowest BCUT2D eigenvalue weighted by molar-refractivity contribution is 0.417. The highest BCUT2D eigenvalue weighted by atomic mass is 16.5. The molecule has 140 valence electrons. The molecule has 0 unspecified atom stereocenters. The van der Waals surface area contributed by atoms with Gasteiger partial charge in [0.1, 0.15) is 5.75 Å². The Morgan fingerprint density at radius 2 is 1.41 bits per heavy atom. The number of aliphatic imine (C=N–C) groups is 1. The van der Waals surface area contributed by atoms with E-state index < -0.39 is 0 Å². The van der Waals surface area contributed by atoms with Crippen molar-refractivity contribution in [3.05, 3.63) is 96.8 Å². The standard InChI is InChI=1S/C26H20N2O/c1-29-24-15-13-19-8-3-5-11-22(19)26(24)25-21-10-4-2-7-18(21)12-14-23(25)28-17-20-9-6-16-27-20/h2-17,27H,1H3. The third-order valence-corrected chi connectivity index (χ3v) is 5.23. The average molecular weight is 376 g/mol. The van der Waals surface area contributed by atoms with Gasteiger partial charge in [0.2, 0.25) is 0 Å². The van der Waals surface area contributed by atoms with E-state index in [1.165, 1.54) is 10.8 Å². The van der Waals surface area contributed by atoms with E-state index in [4.69, 9.17) is 9.73 Å². The maximum atomic E-state index is 5.80. The van der Waals surface area contributed by atoms with Crippen molar-refractivity contribution in [3.63, 3.8) is 0 Å². The minimum atomic E-state index is 0.844. The Bertz CT molecular complexity index is 1330. The smallest absolute Gasteiger partial charge is 0.127 e. The number of H-pyrrole nitrogens is 1. The van der Waals surface area contributed by atoms with Crippen molar-refractivity contribution < 1.29 is 4.74 Å². The quantitative estimate of drug-likeness (QED) is 0.346.